The molecule has 0 aromatic heterocycles. The third-order valence-corrected chi connectivity index (χ3v) is 5.98. The number of nitrogens with zero attached hydrogens (tertiary/aromatic N) is 1. The highest BCUT2D eigenvalue weighted by Gasteiger charge is 2.41. The first-order valence-corrected chi connectivity index (χ1v) is 11.0. The van der Waals surface area contributed by atoms with Crippen molar-refractivity contribution in [2.24, 2.45) is 0 Å². The number of methoxy groups -OCH3 is 1. The molecule has 3 aromatic rings. The second-order valence-electron chi connectivity index (χ2n) is 8.27. The summed E-state index contributed by atoms with van der Waals surface area (Å²) in [6.07, 6.45) is 0. The lowest BCUT2D eigenvalue weighted by Gasteiger charge is -2.18. The number of rotatable bonds is 5. The van der Waals surface area contributed by atoms with E-state index in [1.54, 1.807) is 18.2 Å². The van der Waals surface area contributed by atoms with E-state index in [0.717, 1.165) is 22.3 Å². The van der Waals surface area contributed by atoms with Crippen molar-refractivity contribution in [3.05, 3.63) is 93.1 Å². The predicted octanol–water partition coefficient (Wildman–Crippen LogP) is 5.98. The van der Waals surface area contributed by atoms with Crippen LogP contribution in [0.2, 0.25) is 5.02 Å². The predicted molar refractivity (Wildman–Crippen MR) is 133 cm³/mol. The van der Waals surface area contributed by atoms with Crippen LogP contribution in [-0.2, 0) is 9.59 Å². The molecule has 1 aliphatic rings. The number of amides is 2. The average molecular weight is 461 g/mol. The fourth-order valence-electron chi connectivity index (χ4n) is 4.18. The molecule has 1 aliphatic heterocycles. The minimum atomic E-state index is -0.427. The summed E-state index contributed by atoms with van der Waals surface area (Å²) in [5.74, 6) is -0.288. The molecule has 4 rings (SSSR count). The van der Waals surface area contributed by atoms with Gasteiger partial charge < -0.3 is 10.1 Å². The highest BCUT2D eigenvalue weighted by Crippen LogP contribution is 2.38. The Labute approximate surface area is 198 Å². The van der Waals surface area contributed by atoms with E-state index in [-0.39, 0.29) is 11.6 Å². The minimum Gasteiger partial charge on any atom is -0.495 e. The van der Waals surface area contributed by atoms with Gasteiger partial charge in [-0.05, 0) is 68.7 Å². The lowest BCUT2D eigenvalue weighted by molar-refractivity contribution is -0.120. The second kappa shape index (κ2) is 8.75. The van der Waals surface area contributed by atoms with Crippen LogP contribution in [0.4, 0.5) is 11.4 Å². The molecule has 2 amide bonds. The quantitative estimate of drug-likeness (QED) is 0.476. The Balaban J connectivity index is 1.91. The Morgan fingerprint density at radius 1 is 0.818 bits per heavy atom. The summed E-state index contributed by atoms with van der Waals surface area (Å²) in [6.45, 7) is 7.79. The molecule has 5 nitrogen and oxygen atoms in total. The van der Waals surface area contributed by atoms with Crippen LogP contribution in [0.25, 0.3) is 5.57 Å². The van der Waals surface area contributed by atoms with Gasteiger partial charge in [-0.1, -0.05) is 53.1 Å². The van der Waals surface area contributed by atoms with Crippen LogP contribution in [0, 0.1) is 27.7 Å². The standard InChI is InChI=1S/C27H25ClN2O3/c1-15-6-9-20(17(3)12-15)24-25(29-21-14-19(28)8-11-23(21)33-5)27(32)30(26(24)31)22-10-7-16(2)13-18(22)4/h6-14,29H,1-5H3. The number of halogens is 1. The molecule has 0 radical (unpaired) electrons. The van der Waals surface area contributed by atoms with Crippen molar-refractivity contribution >= 4 is 40.4 Å². The first-order chi connectivity index (χ1) is 15.7. The van der Waals surface area contributed by atoms with E-state index in [1.807, 2.05) is 64.1 Å². The highest BCUT2D eigenvalue weighted by atomic mass is 35.5. The zero-order chi connectivity index (χ0) is 23.9. The molecular weight excluding hydrogens is 436 g/mol. The molecule has 0 saturated heterocycles. The molecule has 6 heteroatoms. The number of ether oxygens (including phenoxy) is 1. The molecule has 0 fully saturated rings. The van der Waals surface area contributed by atoms with Gasteiger partial charge >= 0.3 is 0 Å². The zero-order valence-electron chi connectivity index (χ0n) is 19.2. The van der Waals surface area contributed by atoms with Gasteiger partial charge in [-0.3, -0.25) is 9.59 Å². The molecule has 0 aliphatic carbocycles. The van der Waals surface area contributed by atoms with E-state index in [1.165, 1.54) is 12.0 Å². The fraction of sp³-hybridized carbons (Fsp3) is 0.185. The number of hydrogen-bond acceptors (Lipinski definition) is 4. The van der Waals surface area contributed by atoms with E-state index in [2.05, 4.69) is 5.32 Å². The van der Waals surface area contributed by atoms with Gasteiger partial charge in [0.1, 0.15) is 11.4 Å². The molecular formula is C27H25ClN2O3. The number of anilines is 2. The van der Waals surface area contributed by atoms with Crippen LogP contribution >= 0.6 is 11.6 Å². The Hall–Kier alpha value is -3.57. The van der Waals surface area contributed by atoms with Crippen LogP contribution in [0.1, 0.15) is 27.8 Å². The van der Waals surface area contributed by atoms with Gasteiger partial charge in [0.05, 0.1) is 24.1 Å². The number of benzene rings is 3. The molecule has 168 valence electrons. The number of hydrogen-bond donors (Lipinski definition) is 1. The average Bonchev–Trinajstić information content (AvgIpc) is 2.98. The number of imide groups is 1. The summed E-state index contributed by atoms with van der Waals surface area (Å²) >= 11 is 6.21. The summed E-state index contributed by atoms with van der Waals surface area (Å²) in [5, 5.41) is 3.64. The SMILES string of the molecule is COc1ccc(Cl)cc1NC1=C(c2ccc(C)cc2C)C(=O)N(c2ccc(C)cc2C)C1=O. The fourth-order valence-corrected chi connectivity index (χ4v) is 4.35. The van der Waals surface area contributed by atoms with Crippen LogP contribution in [-0.4, -0.2) is 18.9 Å². The van der Waals surface area contributed by atoms with Crippen molar-refractivity contribution in [3.63, 3.8) is 0 Å². The van der Waals surface area contributed by atoms with Crippen molar-refractivity contribution in [2.75, 3.05) is 17.3 Å². The smallest absolute Gasteiger partial charge is 0.282 e. The molecule has 0 unspecified atom stereocenters. The van der Waals surface area contributed by atoms with Crippen LogP contribution in [0.3, 0.4) is 0 Å². The van der Waals surface area contributed by atoms with E-state index >= 15 is 0 Å². The normalized spacial score (nSPS) is 13.7. The van der Waals surface area contributed by atoms with Gasteiger partial charge in [-0.25, -0.2) is 4.90 Å². The van der Waals surface area contributed by atoms with Gasteiger partial charge in [0.15, 0.2) is 0 Å². The van der Waals surface area contributed by atoms with Gasteiger partial charge in [0.25, 0.3) is 11.8 Å². The highest BCUT2D eigenvalue weighted by molar-refractivity contribution is 6.46. The van der Waals surface area contributed by atoms with Crippen LogP contribution in [0.5, 0.6) is 5.75 Å². The topological polar surface area (TPSA) is 58.6 Å². The molecule has 33 heavy (non-hydrogen) atoms. The van der Waals surface area contributed by atoms with Crippen molar-refractivity contribution in [2.45, 2.75) is 27.7 Å². The van der Waals surface area contributed by atoms with Crippen LogP contribution in [0.15, 0.2) is 60.3 Å². The third kappa shape index (κ3) is 4.12. The number of aryl methyl sites for hydroxylation is 4. The maximum atomic E-state index is 13.8. The molecule has 1 N–H and O–H groups in total. The maximum absolute atomic E-state index is 13.8. The molecule has 3 aromatic carbocycles. The summed E-state index contributed by atoms with van der Waals surface area (Å²) in [6, 6.07) is 16.6. The van der Waals surface area contributed by atoms with E-state index < -0.39 is 5.91 Å². The van der Waals surface area contributed by atoms with Crippen molar-refractivity contribution < 1.29 is 14.3 Å². The first kappa shape index (κ1) is 22.6. The number of carbonyl (C=O) groups excluding carboxylic acids is 2. The van der Waals surface area contributed by atoms with E-state index in [9.17, 15) is 9.59 Å². The summed E-state index contributed by atoms with van der Waals surface area (Å²) in [5.41, 5.74) is 6.16. The Bertz CT molecular complexity index is 1330. The minimum absolute atomic E-state index is 0.187. The first-order valence-electron chi connectivity index (χ1n) is 10.6. The summed E-state index contributed by atoms with van der Waals surface area (Å²) in [4.78, 5) is 28.7. The number of carbonyl (C=O) groups is 2. The third-order valence-electron chi connectivity index (χ3n) is 5.75. The van der Waals surface area contributed by atoms with Crippen LogP contribution < -0.4 is 15.0 Å². The van der Waals surface area contributed by atoms with Crippen molar-refractivity contribution in [1.82, 2.24) is 0 Å². The molecule has 1 heterocycles. The lowest BCUT2D eigenvalue weighted by Crippen LogP contribution is -2.33. The van der Waals surface area contributed by atoms with Crippen molar-refractivity contribution in [1.29, 1.82) is 0 Å². The molecule has 0 saturated carbocycles. The van der Waals surface area contributed by atoms with Gasteiger partial charge in [-0.2, -0.15) is 0 Å². The van der Waals surface area contributed by atoms with Gasteiger partial charge in [0, 0.05) is 5.02 Å². The molecule has 0 spiro atoms. The van der Waals surface area contributed by atoms with Crippen molar-refractivity contribution in [3.8, 4) is 5.75 Å². The Kier molecular flexibility index (Phi) is 6.00. The summed E-state index contributed by atoms with van der Waals surface area (Å²) in [7, 11) is 1.54. The summed E-state index contributed by atoms with van der Waals surface area (Å²) < 4.78 is 5.44. The monoisotopic (exact) mass is 460 g/mol. The zero-order valence-corrected chi connectivity index (χ0v) is 20.0. The maximum Gasteiger partial charge on any atom is 0.282 e. The van der Waals surface area contributed by atoms with E-state index in [4.69, 9.17) is 16.3 Å². The van der Waals surface area contributed by atoms with Gasteiger partial charge in [0.2, 0.25) is 0 Å². The van der Waals surface area contributed by atoms with Gasteiger partial charge in [-0.15, -0.1) is 0 Å². The van der Waals surface area contributed by atoms with E-state index in [0.29, 0.717) is 33.3 Å². The molecule has 0 atom stereocenters. The Morgan fingerprint density at radius 3 is 2.12 bits per heavy atom. The Morgan fingerprint density at radius 2 is 1.48 bits per heavy atom. The lowest BCUT2D eigenvalue weighted by atomic mass is 9.97. The largest absolute Gasteiger partial charge is 0.495 e. The molecule has 0 bridgehead atoms. The second-order valence-corrected chi connectivity index (χ2v) is 8.71. The number of nitrogens with one attached hydrogen (secondary N) is 1.